The molecule has 2 aromatic rings. The maximum absolute atomic E-state index is 13.5. The Kier molecular flexibility index (Phi) is 10.4. The molecule has 11 nitrogen and oxygen atoms in total. The summed E-state index contributed by atoms with van der Waals surface area (Å²) in [6.45, 7) is 3.00. The van der Waals surface area contributed by atoms with Crippen molar-refractivity contribution >= 4 is 33.2 Å². The standard InChI is InChI=1S/C24H31FN4O7S/c1-5-6-13-26-24(31)17(2)27(15-18-7-9-19(25)10-8-18)23(30)16-28(37(4,34)35)21-14-20(29(32)33)11-12-22(21)36-3/h7-12,14,17H,5-6,13,15-16H2,1-4H3,(H,26,31)/t17-/m1/s1. The zero-order valence-electron chi connectivity index (χ0n) is 21.1. The minimum atomic E-state index is -4.13. The van der Waals surface area contributed by atoms with Gasteiger partial charge < -0.3 is 15.0 Å². The molecule has 0 aliphatic heterocycles. The topological polar surface area (TPSA) is 139 Å². The number of anilines is 1. The number of amides is 2. The molecule has 0 bridgehead atoms. The number of hydrogen-bond acceptors (Lipinski definition) is 7. The van der Waals surface area contributed by atoms with Gasteiger partial charge in [-0.1, -0.05) is 25.5 Å². The number of nitro groups is 1. The van der Waals surface area contributed by atoms with Crippen LogP contribution in [0.2, 0.25) is 0 Å². The molecule has 0 unspecified atom stereocenters. The molecule has 0 spiro atoms. The number of nitrogens with zero attached hydrogens (tertiary/aromatic N) is 3. The van der Waals surface area contributed by atoms with Crippen LogP contribution in [0.1, 0.15) is 32.3 Å². The first kappa shape index (κ1) is 29.5. The van der Waals surface area contributed by atoms with Gasteiger partial charge >= 0.3 is 0 Å². The van der Waals surface area contributed by atoms with Gasteiger partial charge in [-0.2, -0.15) is 0 Å². The number of carbonyl (C=O) groups excluding carboxylic acids is 2. The Balaban J connectivity index is 2.47. The van der Waals surface area contributed by atoms with E-state index < -0.39 is 50.9 Å². The molecule has 0 radical (unpaired) electrons. The normalized spacial score (nSPS) is 11.9. The molecular formula is C24H31FN4O7S. The third kappa shape index (κ3) is 8.13. The van der Waals surface area contributed by atoms with E-state index in [0.29, 0.717) is 16.4 Å². The Morgan fingerprint density at radius 3 is 2.38 bits per heavy atom. The van der Waals surface area contributed by atoms with E-state index in [1.54, 1.807) is 0 Å². The second-order valence-electron chi connectivity index (χ2n) is 8.35. The number of benzene rings is 2. The summed E-state index contributed by atoms with van der Waals surface area (Å²) in [7, 11) is -2.87. The maximum atomic E-state index is 13.5. The van der Waals surface area contributed by atoms with E-state index >= 15 is 0 Å². The molecule has 0 heterocycles. The van der Waals surface area contributed by atoms with Crippen molar-refractivity contribution in [3.63, 3.8) is 0 Å². The summed E-state index contributed by atoms with van der Waals surface area (Å²) in [4.78, 5) is 38.1. The fourth-order valence-corrected chi connectivity index (χ4v) is 4.33. The van der Waals surface area contributed by atoms with E-state index in [0.717, 1.165) is 31.2 Å². The average molecular weight is 539 g/mol. The number of unbranched alkanes of at least 4 members (excludes halogenated alkanes) is 1. The van der Waals surface area contributed by atoms with E-state index in [1.807, 2.05) is 6.92 Å². The summed E-state index contributed by atoms with van der Waals surface area (Å²) in [6.07, 6.45) is 2.43. The van der Waals surface area contributed by atoms with Gasteiger partial charge in [0, 0.05) is 25.2 Å². The summed E-state index contributed by atoms with van der Waals surface area (Å²) < 4.78 is 44.7. The predicted octanol–water partition coefficient (Wildman–Crippen LogP) is 2.84. The summed E-state index contributed by atoms with van der Waals surface area (Å²) in [6, 6.07) is 7.71. The van der Waals surface area contributed by atoms with Crippen LogP contribution in [0, 0.1) is 15.9 Å². The lowest BCUT2D eigenvalue weighted by atomic mass is 10.1. The van der Waals surface area contributed by atoms with E-state index in [1.165, 1.54) is 49.3 Å². The lowest BCUT2D eigenvalue weighted by molar-refractivity contribution is -0.384. The van der Waals surface area contributed by atoms with Crippen LogP contribution in [0.3, 0.4) is 0 Å². The van der Waals surface area contributed by atoms with Crippen molar-refractivity contribution in [2.24, 2.45) is 0 Å². The van der Waals surface area contributed by atoms with Gasteiger partial charge in [-0.25, -0.2) is 12.8 Å². The quantitative estimate of drug-likeness (QED) is 0.235. The molecule has 202 valence electrons. The van der Waals surface area contributed by atoms with Crippen LogP contribution in [-0.4, -0.2) is 62.6 Å². The highest BCUT2D eigenvalue weighted by Crippen LogP contribution is 2.33. The zero-order valence-corrected chi connectivity index (χ0v) is 22.0. The first-order chi connectivity index (χ1) is 17.4. The fourth-order valence-electron chi connectivity index (χ4n) is 3.49. The zero-order chi connectivity index (χ0) is 27.8. The average Bonchev–Trinajstić information content (AvgIpc) is 2.85. The molecule has 0 aromatic heterocycles. The fraction of sp³-hybridized carbons (Fsp3) is 0.417. The molecule has 2 rings (SSSR count). The molecule has 37 heavy (non-hydrogen) atoms. The molecule has 0 saturated heterocycles. The Hall–Kier alpha value is -3.74. The molecule has 1 N–H and O–H groups in total. The molecule has 0 saturated carbocycles. The van der Waals surface area contributed by atoms with Crippen molar-refractivity contribution in [1.82, 2.24) is 10.2 Å². The van der Waals surface area contributed by atoms with Gasteiger partial charge in [0.25, 0.3) is 5.69 Å². The van der Waals surface area contributed by atoms with E-state index in [2.05, 4.69) is 5.32 Å². The predicted molar refractivity (Wildman–Crippen MR) is 136 cm³/mol. The summed E-state index contributed by atoms with van der Waals surface area (Å²) in [5, 5.41) is 14.1. The van der Waals surface area contributed by atoms with Crippen LogP contribution in [0.5, 0.6) is 5.75 Å². The van der Waals surface area contributed by atoms with Gasteiger partial charge in [-0.05, 0) is 37.1 Å². The highest BCUT2D eigenvalue weighted by molar-refractivity contribution is 7.92. The number of non-ortho nitro benzene ring substituents is 1. The summed E-state index contributed by atoms with van der Waals surface area (Å²) >= 11 is 0. The summed E-state index contributed by atoms with van der Waals surface area (Å²) in [5.74, 6) is -1.67. The van der Waals surface area contributed by atoms with Crippen LogP contribution >= 0.6 is 0 Å². The van der Waals surface area contributed by atoms with Crippen molar-refractivity contribution in [3.8, 4) is 5.75 Å². The lowest BCUT2D eigenvalue weighted by Gasteiger charge is -2.31. The Labute approximate surface area is 215 Å². The molecule has 2 aromatic carbocycles. The summed E-state index contributed by atoms with van der Waals surface area (Å²) in [5.41, 5.74) is -0.0835. The van der Waals surface area contributed by atoms with Crippen molar-refractivity contribution in [2.75, 3.05) is 30.8 Å². The third-order valence-electron chi connectivity index (χ3n) is 5.58. The number of carbonyl (C=O) groups is 2. The highest BCUT2D eigenvalue weighted by Gasteiger charge is 2.32. The Bertz CT molecular complexity index is 1220. The number of nitrogens with one attached hydrogen (secondary N) is 1. The minimum absolute atomic E-state index is 0.000679. The van der Waals surface area contributed by atoms with Gasteiger partial charge in [0.2, 0.25) is 21.8 Å². The van der Waals surface area contributed by atoms with Gasteiger partial charge in [-0.15, -0.1) is 0 Å². The SMILES string of the molecule is CCCCNC(=O)[C@@H](C)N(Cc1ccc(F)cc1)C(=O)CN(c1cc([N+](=O)[O-])ccc1OC)S(C)(=O)=O. The molecule has 2 amide bonds. The molecule has 0 aliphatic carbocycles. The maximum Gasteiger partial charge on any atom is 0.271 e. The Morgan fingerprint density at radius 2 is 1.84 bits per heavy atom. The van der Waals surface area contributed by atoms with E-state index in [-0.39, 0.29) is 18.0 Å². The molecular weight excluding hydrogens is 507 g/mol. The van der Waals surface area contributed by atoms with Crippen molar-refractivity contribution in [1.29, 1.82) is 0 Å². The monoisotopic (exact) mass is 538 g/mol. The first-order valence-electron chi connectivity index (χ1n) is 11.5. The number of hydrogen-bond donors (Lipinski definition) is 1. The number of nitro benzene ring substituents is 1. The van der Waals surface area contributed by atoms with Crippen LogP contribution in [0.15, 0.2) is 42.5 Å². The first-order valence-corrected chi connectivity index (χ1v) is 13.4. The van der Waals surface area contributed by atoms with Crippen molar-refractivity contribution in [2.45, 2.75) is 39.3 Å². The number of ether oxygens (including phenoxy) is 1. The van der Waals surface area contributed by atoms with Gasteiger partial charge in [0.05, 0.1) is 18.3 Å². The molecule has 13 heteroatoms. The third-order valence-corrected chi connectivity index (χ3v) is 6.71. The number of rotatable bonds is 13. The lowest BCUT2D eigenvalue weighted by Crippen LogP contribution is -2.51. The number of sulfonamides is 1. The highest BCUT2D eigenvalue weighted by atomic mass is 32.2. The number of methoxy groups -OCH3 is 1. The Morgan fingerprint density at radius 1 is 1.19 bits per heavy atom. The molecule has 1 atom stereocenters. The van der Waals surface area contributed by atoms with Crippen LogP contribution in [-0.2, 0) is 26.2 Å². The second-order valence-corrected chi connectivity index (χ2v) is 10.3. The van der Waals surface area contributed by atoms with Crippen LogP contribution < -0.4 is 14.4 Å². The molecule has 0 aliphatic rings. The smallest absolute Gasteiger partial charge is 0.271 e. The number of halogens is 1. The van der Waals surface area contributed by atoms with Gasteiger partial charge in [0.15, 0.2) is 0 Å². The van der Waals surface area contributed by atoms with E-state index in [9.17, 15) is 32.5 Å². The second kappa shape index (κ2) is 13.0. The van der Waals surface area contributed by atoms with E-state index in [4.69, 9.17) is 4.74 Å². The van der Waals surface area contributed by atoms with Crippen LogP contribution in [0.25, 0.3) is 0 Å². The largest absolute Gasteiger partial charge is 0.495 e. The van der Waals surface area contributed by atoms with Gasteiger partial charge in [-0.3, -0.25) is 24.0 Å². The van der Waals surface area contributed by atoms with Gasteiger partial charge in [0.1, 0.15) is 29.8 Å². The van der Waals surface area contributed by atoms with Crippen LogP contribution in [0.4, 0.5) is 15.8 Å². The van der Waals surface area contributed by atoms with Crippen molar-refractivity contribution < 1.29 is 32.1 Å². The molecule has 0 fully saturated rings. The van der Waals surface area contributed by atoms with Crippen molar-refractivity contribution in [3.05, 3.63) is 64.0 Å². The minimum Gasteiger partial charge on any atom is -0.495 e.